The molecule has 0 saturated carbocycles. The second-order valence-electron chi connectivity index (χ2n) is 5.71. The Morgan fingerprint density at radius 3 is 2.68 bits per heavy atom. The Morgan fingerprint density at radius 1 is 1.32 bits per heavy atom. The molecule has 4 aromatic rings. The van der Waals surface area contributed by atoms with E-state index in [1.807, 2.05) is 0 Å². The molecule has 0 fully saturated rings. The van der Waals surface area contributed by atoms with Gasteiger partial charge in [-0.3, -0.25) is 9.20 Å². The van der Waals surface area contributed by atoms with Crippen LogP contribution in [0.25, 0.3) is 22.4 Å². The molecule has 4 rings (SSSR count). The summed E-state index contributed by atoms with van der Waals surface area (Å²) in [6.07, 6.45) is -4.20. The van der Waals surface area contributed by atoms with Crippen LogP contribution in [-0.4, -0.2) is 40.4 Å². The second kappa shape index (κ2) is 5.80. The van der Waals surface area contributed by atoms with E-state index in [4.69, 9.17) is 5.11 Å². The molecule has 28 heavy (non-hydrogen) atoms. The molecular formula is C15H9F3N6O4. The number of ether oxygens (including phenoxy) is 1. The van der Waals surface area contributed by atoms with Gasteiger partial charge in [0.05, 0.1) is 28.0 Å². The van der Waals surface area contributed by atoms with Gasteiger partial charge in [-0.2, -0.15) is 23.3 Å². The van der Waals surface area contributed by atoms with E-state index in [0.717, 1.165) is 29.5 Å². The Morgan fingerprint density at radius 2 is 2.07 bits per heavy atom. The van der Waals surface area contributed by atoms with Gasteiger partial charge in [-0.25, -0.2) is 14.5 Å². The smallest absolute Gasteiger partial charge is 0.449 e. The Hall–Kier alpha value is -3.90. The number of aromatic nitrogens is 6. The van der Waals surface area contributed by atoms with Crippen LogP contribution in [0.15, 0.2) is 29.6 Å². The molecule has 3 heterocycles. The number of alkyl halides is 3. The van der Waals surface area contributed by atoms with E-state index in [2.05, 4.69) is 24.8 Å². The first-order valence-electron chi connectivity index (χ1n) is 7.59. The van der Waals surface area contributed by atoms with Gasteiger partial charge >= 0.3 is 12.3 Å². The Labute approximate surface area is 151 Å². The summed E-state index contributed by atoms with van der Waals surface area (Å²) in [4.78, 5) is 32.9. The second-order valence-corrected chi connectivity index (χ2v) is 5.71. The summed E-state index contributed by atoms with van der Waals surface area (Å²) >= 11 is 0. The van der Waals surface area contributed by atoms with Crippen molar-refractivity contribution in [2.24, 2.45) is 0 Å². The highest BCUT2D eigenvalue weighted by atomic mass is 19.4. The van der Waals surface area contributed by atoms with Crippen LogP contribution in [-0.2, 0) is 6.18 Å². The lowest BCUT2D eigenvalue weighted by Gasteiger charge is -2.14. The van der Waals surface area contributed by atoms with Gasteiger partial charge in [-0.1, -0.05) is 0 Å². The number of carbonyl (C=O) groups is 1. The zero-order valence-electron chi connectivity index (χ0n) is 13.9. The van der Waals surface area contributed by atoms with Crippen molar-refractivity contribution in [2.75, 3.05) is 0 Å². The SMILES string of the molecule is Cc1c(OC(=O)O)nc2c(=O)[nH]c3cc(C(F)(F)F)c(-n4cncn4)cc3n12. The van der Waals surface area contributed by atoms with E-state index < -0.39 is 23.5 Å². The molecule has 0 aliphatic rings. The van der Waals surface area contributed by atoms with E-state index in [9.17, 15) is 22.8 Å². The van der Waals surface area contributed by atoms with Crippen molar-refractivity contribution in [2.45, 2.75) is 13.1 Å². The van der Waals surface area contributed by atoms with E-state index >= 15 is 0 Å². The van der Waals surface area contributed by atoms with Gasteiger partial charge in [0.15, 0.2) is 0 Å². The molecule has 144 valence electrons. The van der Waals surface area contributed by atoms with Crippen LogP contribution in [0, 0.1) is 6.92 Å². The molecule has 1 aromatic carbocycles. The minimum Gasteiger partial charge on any atom is -0.449 e. The molecule has 0 amide bonds. The molecule has 0 aliphatic heterocycles. The molecule has 13 heteroatoms. The number of rotatable bonds is 2. The van der Waals surface area contributed by atoms with Gasteiger partial charge < -0.3 is 14.8 Å². The van der Waals surface area contributed by atoms with Gasteiger partial charge in [-0.15, -0.1) is 0 Å². The van der Waals surface area contributed by atoms with E-state index in [0.29, 0.717) is 0 Å². The highest BCUT2D eigenvalue weighted by molar-refractivity contribution is 5.82. The number of benzene rings is 1. The maximum atomic E-state index is 13.6. The standard InChI is InChI=1S/C15H9F3N6O4/c1-6-13(28-14(26)27)22-11-12(25)21-8-2-7(15(16,17)18)9(3-10(8)24(6)11)23-5-19-4-20-23/h2-5H,1H3,(H,21,25)(H,26,27). The van der Waals surface area contributed by atoms with Crippen LogP contribution in [0.3, 0.4) is 0 Å². The van der Waals surface area contributed by atoms with Gasteiger partial charge in [0.2, 0.25) is 11.5 Å². The topological polar surface area (TPSA) is 127 Å². The number of nitrogens with one attached hydrogen (secondary N) is 1. The average molecular weight is 394 g/mol. The summed E-state index contributed by atoms with van der Waals surface area (Å²) < 4.78 is 47.3. The molecule has 0 unspecified atom stereocenters. The highest BCUT2D eigenvalue weighted by Crippen LogP contribution is 2.36. The highest BCUT2D eigenvalue weighted by Gasteiger charge is 2.35. The van der Waals surface area contributed by atoms with Gasteiger partial charge in [0, 0.05) is 0 Å². The van der Waals surface area contributed by atoms with Crippen molar-refractivity contribution in [1.82, 2.24) is 29.1 Å². The zero-order chi connectivity index (χ0) is 20.2. The van der Waals surface area contributed by atoms with Gasteiger partial charge in [0.1, 0.15) is 12.7 Å². The molecular weight excluding hydrogens is 385 g/mol. The summed E-state index contributed by atoms with van der Waals surface area (Å²) in [7, 11) is 0. The molecule has 0 radical (unpaired) electrons. The van der Waals surface area contributed by atoms with Crippen LogP contribution in [0.2, 0.25) is 0 Å². The first kappa shape index (κ1) is 17.5. The largest absolute Gasteiger partial charge is 0.512 e. The van der Waals surface area contributed by atoms with Crippen LogP contribution >= 0.6 is 0 Å². The number of aryl methyl sites for hydroxylation is 1. The molecule has 3 aromatic heterocycles. The number of imidazole rings is 1. The Balaban J connectivity index is 2.14. The molecule has 0 aliphatic carbocycles. The molecule has 0 bridgehead atoms. The number of carboxylic acid groups (broad SMARTS) is 1. The fourth-order valence-electron chi connectivity index (χ4n) is 2.90. The van der Waals surface area contributed by atoms with Crippen molar-refractivity contribution in [3.63, 3.8) is 0 Å². The summed E-state index contributed by atoms with van der Waals surface area (Å²) in [5.74, 6) is -0.354. The number of halogens is 3. The average Bonchev–Trinajstić information content (AvgIpc) is 3.23. The van der Waals surface area contributed by atoms with Crippen molar-refractivity contribution in [1.29, 1.82) is 0 Å². The van der Waals surface area contributed by atoms with Crippen molar-refractivity contribution in [3.05, 3.63) is 46.4 Å². The Bertz CT molecular complexity index is 1290. The van der Waals surface area contributed by atoms with Crippen LogP contribution in [0.5, 0.6) is 5.88 Å². The number of H-pyrrole nitrogens is 1. The third kappa shape index (κ3) is 2.64. The third-order valence-electron chi connectivity index (χ3n) is 4.03. The minimum atomic E-state index is -4.73. The van der Waals surface area contributed by atoms with E-state index in [-0.39, 0.29) is 33.9 Å². The monoisotopic (exact) mass is 394 g/mol. The lowest BCUT2D eigenvalue weighted by molar-refractivity contribution is -0.137. The predicted molar refractivity (Wildman–Crippen MR) is 86.6 cm³/mol. The summed E-state index contributed by atoms with van der Waals surface area (Å²) in [6.45, 7) is 1.42. The van der Waals surface area contributed by atoms with E-state index in [1.165, 1.54) is 11.3 Å². The van der Waals surface area contributed by atoms with Crippen molar-refractivity contribution in [3.8, 4) is 11.6 Å². The van der Waals surface area contributed by atoms with Crippen LogP contribution in [0.1, 0.15) is 11.3 Å². The maximum absolute atomic E-state index is 13.6. The number of hydrogen-bond donors (Lipinski definition) is 2. The number of nitrogens with zero attached hydrogens (tertiary/aromatic N) is 5. The number of hydrogen-bond acceptors (Lipinski definition) is 6. The lowest BCUT2D eigenvalue weighted by Crippen LogP contribution is -2.15. The minimum absolute atomic E-state index is 0.123. The molecule has 0 atom stereocenters. The van der Waals surface area contributed by atoms with Crippen LogP contribution < -0.4 is 10.3 Å². The molecule has 2 N–H and O–H groups in total. The lowest BCUT2D eigenvalue weighted by atomic mass is 10.1. The summed E-state index contributed by atoms with van der Waals surface area (Å²) in [5.41, 5.74) is -2.28. The van der Waals surface area contributed by atoms with Crippen LogP contribution in [0.4, 0.5) is 18.0 Å². The first-order chi connectivity index (χ1) is 13.2. The third-order valence-corrected chi connectivity index (χ3v) is 4.03. The fourth-order valence-corrected chi connectivity index (χ4v) is 2.90. The summed E-state index contributed by atoms with van der Waals surface area (Å²) in [6, 6.07) is 1.92. The first-order valence-corrected chi connectivity index (χ1v) is 7.59. The predicted octanol–water partition coefficient (Wildman–Crippen LogP) is 2.14. The molecule has 10 nitrogen and oxygen atoms in total. The normalized spacial score (nSPS) is 12.0. The molecule has 0 spiro atoms. The fraction of sp³-hybridized carbons (Fsp3) is 0.133. The maximum Gasteiger partial charge on any atom is 0.512 e. The van der Waals surface area contributed by atoms with Gasteiger partial charge in [0.25, 0.3) is 5.56 Å². The van der Waals surface area contributed by atoms with Crippen molar-refractivity contribution >= 4 is 22.8 Å². The number of aromatic amines is 1. The Kier molecular flexibility index (Phi) is 3.63. The summed E-state index contributed by atoms with van der Waals surface area (Å²) in [5, 5.41) is 12.5. The van der Waals surface area contributed by atoms with Crippen molar-refractivity contribution < 1.29 is 27.8 Å². The quantitative estimate of drug-likeness (QED) is 0.499. The molecule has 0 saturated heterocycles. The zero-order valence-corrected chi connectivity index (χ0v) is 13.9. The van der Waals surface area contributed by atoms with E-state index in [1.54, 1.807) is 0 Å². The van der Waals surface area contributed by atoms with Gasteiger partial charge in [-0.05, 0) is 19.1 Å². The number of fused-ring (bicyclic) bond motifs is 3.